The van der Waals surface area contributed by atoms with Gasteiger partial charge in [0.05, 0.1) is 0 Å². The van der Waals surface area contributed by atoms with E-state index in [0.717, 1.165) is 19.6 Å². The van der Waals surface area contributed by atoms with Gasteiger partial charge in [0.15, 0.2) is 0 Å². The van der Waals surface area contributed by atoms with Gasteiger partial charge in [-0.05, 0) is 51.9 Å². The molecule has 0 bridgehead atoms. The predicted molar refractivity (Wildman–Crippen MR) is 75.5 cm³/mol. The van der Waals surface area contributed by atoms with Crippen LogP contribution in [0, 0.1) is 5.41 Å². The number of nitrogens with zero attached hydrogens (tertiary/aromatic N) is 2. The van der Waals surface area contributed by atoms with E-state index in [2.05, 4.69) is 43.1 Å². The molecule has 3 nitrogen and oxygen atoms in total. The minimum atomic E-state index is 0.563. The minimum absolute atomic E-state index is 0.563. The molecule has 1 aliphatic heterocycles. The Balaban J connectivity index is 2.07. The average molecular weight is 241 g/mol. The first kappa shape index (κ1) is 14.9. The van der Waals surface area contributed by atoms with Crippen molar-refractivity contribution in [2.75, 3.05) is 53.4 Å². The lowest BCUT2D eigenvalue weighted by Gasteiger charge is -2.23. The highest BCUT2D eigenvalue weighted by Gasteiger charge is 2.22. The smallest absolute Gasteiger partial charge is 0.0107 e. The summed E-state index contributed by atoms with van der Waals surface area (Å²) in [6.07, 6.45) is 4.10. The Kier molecular flexibility index (Phi) is 6.45. The minimum Gasteiger partial charge on any atom is -0.314 e. The highest BCUT2D eigenvalue weighted by molar-refractivity contribution is 4.76. The van der Waals surface area contributed by atoms with Crippen LogP contribution >= 0.6 is 0 Å². The molecule has 1 N–H and O–H groups in total. The van der Waals surface area contributed by atoms with Crippen molar-refractivity contribution in [1.82, 2.24) is 15.1 Å². The maximum absolute atomic E-state index is 3.52. The molecular formula is C14H31N3. The van der Waals surface area contributed by atoms with Gasteiger partial charge < -0.3 is 15.1 Å². The molecule has 17 heavy (non-hydrogen) atoms. The van der Waals surface area contributed by atoms with E-state index >= 15 is 0 Å². The first-order valence-electron chi connectivity index (χ1n) is 7.07. The van der Waals surface area contributed by atoms with E-state index in [4.69, 9.17) is 0 Å². The van der Waals surface area contributed by atoms with E-state index < -0.39 is 0 Å². The monoisotopic (exact) mass is 241 g/mol. The Morgan fingerprint density at radius 1 is 1.12 bits per heavy atom. The lowest BCUT2D eigenvalue weighted by Crippen LogP contribution is -2.35. The Morgan fingerprint density at radius 2 is 1.88 bits per heavy atom. The lowest BCUT2D eigenvalue weighted by molar-refractivity contribution is 0.261. The van der Waals surface area contributed by atoms with Crippen molar-refractivity contribution in [3.8, 4) is 0 Å². The van der Waals surface area contributed by atoms with Crippen LogP contribution in [-0.4, -0.2) is 63.2 Å². The zero-order chi connectivity index (χ0) is 12.7. The van der Waals surface area contributed by atoms with Crippen molar-refractivity contribution in [2.24, 2.45) is 5.41 Å². The van der Waals surface area contributed by atoms with Crippen LogP contribution < -0.4 is 5.32 Å². The molecule has 0 saturated carbocycles. The number of rotatable bonds is 6. The summed E-state index contributed by atoms with van der Waals surface area (Å²) in [7, 11) is 4.25. The van der Waals surface area contributed by atoms with Crippen molar-refractivity contribution in [3.05, 3.63) is 0 Å². The molecule has 1 rings (SSSR count). The zero-order valence-electron chi connectivity index (χ0n) is 12.3. The first-order valence-corrected chi connectivity index (χ1v) is 7.07. The predicted octanol–water partition coefficient (Wildman–Crippen LogP) is 1.65. The molecule has 1 saturated heterocycles. The first-order chi connectivity index (χ1) is 7.99. The third-order valence-corrected chi connectivity index (χ3v) is 3.77. The van der Waals surface area contributed by atoms with Gasteiger partial charge in [-0.2, -0.15) is 0 Å². The van der Waals surface area contributed by atoms with Crippen LogP contribution in [0.2, 0.25) is 0 Å². The van der Waals surface area contributed by atoms with Crippen molar-refractivity contribution < 1.29 is 0 Å². The number of hydrogen-bond donors (Lipinski definition) is 1. The van der Waals surface area contributed by atoms with Crippen molar-refractivity contribution in [3.63, 3.8) is 0 Å². The van der Waals surface area contributed by atoms with Crippen LogP contribution in [0.25, 0.3) is 0 Å². The molecule has 0 aromatic heterocycles. The lowest BCUT2D eigenvalue weighted by atomic mass is 9.85. The average Bonchev–Trinajstić information content (AvgIpc) is 2.39. The molecular weight excluding hydrogens is 210 g/mol. The maximum atomic E-state index is 3.52. The molecule has 1 fully saturated rings. The van der Waals surface area contributed by atoms with Crippen LogP contribution in [0.3, 0.4) is 0 Å². The number of nitrogens with one attached hydrogen (secondary N) is 1. The van der Waals surface area contributed by atoms with Gasteiger partial charge in [-0.25, -0.2) is 0 Å². The van der Waals surface area contributed by atoms with Gasteiger partial charge in [-0.15, -0.1) is 0 Å². The van der Waals surface area contributed by atoms with Gasteiger partial charge in [0.2, 0.25) is 0 Å². The Morgan fingerprint density at radius 3 is 2.59 bits per heavy atom. The van der Waals surface area contributed by atoms with Crippen molar-refractivity contribution in [2.45, 2.75) is 33.1 Å². The van der Waals surface area contributed by atoms with Crippen LogP contribution in [0.5, 0.6) is 0 Å². The molecule has 0 spiro atoms. The second kappa shape index (κ2) is 7.34. The molecule has 102 valence electrons. The largest absolute Gasteiger partial charge is 0.314 e. The summed E-state index contributed by atoms with van der Waals surface area (Å²) in [4.78, 5) is 4.85. The normalized spacial score (nSPS) is 21.7. The number of likely N-dealkylation sites (tertiary alicyclic amines) is 1. The van der Waals surface area contributed by atoms with E-state index in [-0.39, 0.29) is 0 Å². The summed E-state index contributed by atoms with van der Waals surface area (Å²) < 4.78 is 0. The molecule has 1 heterocycles. The maximum Gasteiger partial charge on any atom is 0.0107 e. The van der Waals surface area contributed by atoms with Gasteiger partial charge >= 0.3 is 0 Å². The molecule has 0 amide bonds. The van der Waals surface area contributed by atoms with E-state index in [0.29, 0.717) is 5.41 Å². The fourth-order valence-electron chi connectivity index (χ4n) is 2.37. The standard InChI is InChI=1S/C14H31N3/c1-14(2)6-5-10-17(11-7-14)13-9-15-8-12-16(3)4/h15H,5-13H2,1-4H3. The van der Waals surface area contributed by atoms with Crippen molar-refractivity contribution >= 4 is 0 Å². The highest BCUT2D eigenvalue weighted by atomic mass is 15.1. The van der Waals surface area contributed by atoms with E-state index in [1.807, 2.05) is 0 Å². The quantitative estimate of drug-likeness (QED) is 0.713. The summed E-state index contributed by atoms with van der Waals surface area (Å²) in [5.74, 6) is 0. The topological polar surface area (TPSA) is 18.5 Å². The van der Waals surface area contributed by atoms with Crippen LogP contribution in [0.1, 0.15) is 33.1 Å². The molecule has 0 unspecified atom stereocenters. The molecule has 0 aromatic rings. The summed E-state index contributed by atoms with van der Waals surface area (Å²) in [6.45, 7) is 12.0. The fraction of sp³-hybridized carbons (Fsp3) is 1.00. The Hall–Kier alpha value is -0.120. The van der Waals surface area contributed by atoms with Crippen LogP contribution in [0.15, 0.2) is 0 Å². The second-order valence-electron chi connectivity index (χ2n) is 6.41. The third-order valence-electron chi connectivity index (χ3n) is 3.77. The number of hydrogen-bond acceptors (Lipinski definition) is 3. The highest BCUT2D eigenvalue weighted by Crippen LogP contribution is 2.29. The zero-order valence-corrected chi connectivity index (χ0v) is 12.3. The van der Waals surface area contributed by atoms with E-state index in [1.54, 1.807) is 0 Å². The van der Waals surface area contributed by atoms with Crippen LogP contribution in [0.4, 0.5) is 0 Å². The van der Waals surface area contributed by atoms with Gasteiger partial charge in [-0.1, -0.05) is 13.8 Å². The molecule has 0 radical (unpaired) electrons. The Bertz CT molecular complexity index is 202. The van der Waals surface area contributed by atoms with Gasteiger partial charge in [0.1, 0.15) is 0 Å². The van der Waals surface area contributed by atoms with E-state index in [9.17, 15) is 0 Å². The van der Waals surface area contributed by atoms with Crippen LogP contribution in [-0.2, 0) is 0 Å². The molecule has 1 aliphatic rings. The SMILES string of the molecule is CN(C)CCNCCN1CCCC(C)(C)CC1. The third kappa shape index (κ3) is 7.02. The van der Waals surface area contributed by atoms with Gasteiger partial charge in [0.25, 0.3) is 0 Å². The summed E-state index contributed by atoms with van der Waals surface area (Å²) >= 11 is 0. The Labute approximate surface area is 108 Å². The number of likely N-dealkylation sites (N-methyl/N-ethyl adjacent to an activating group) is 1. The summed E-state index contributed by atoms with van der Waals surface area (Å²) in [6, 6.07) is 0. The fourth-order valence-corrected chi connectivity index (χ4v) is 2.37. The van der Waals surface area contributed by atoms with E-state index in [1.165, 1.54) is 38.9 Å². The molecule has 0 aliphatic carbocycles. The summed E-state index contributed by atoms with van der Waals surface area (Å²) in [5.41, 5.74) is 0.563. The van der Waals surface area contributed by atoms with Gasteiger partial charge in [0, 0.05) is 26.2 Å². The second-order valence-corrected chi connectivity index (χ2v) is 6.41. The molecule has 0 atom stereocenters. The van der Waals surface area contributed by atoms with Crippen molar-refractivity contribution in [1.29, 1.82) is 0 Å². The molecule has 3 heteroatoms. The van der Waals surface area contributed by atoms with Gasteiger partial charge in [-0.3, -0.25) is 0 Å². The molecule has 0 aromatic carbocycles. The summed E-state index contributed by atoms with van der Waals surface area (Å²) in [5, 5.41) is 3.52.